The Hall–Kier alpha value is -2.09. The van der Waals surface area contributed by atoms with Crippen LogP contribution in [0.3, 0.4) is 0 Å². The molecular weight excluding hydrogens is 302 g/mol. The molecule has 118 valence electrons. The molecule has 1 aromatic heterocycles. The van der Waals surface area contributed by atoms with Gasteiger partial charge < -0.3 is 10.1 Å². The lowest BCUT2D eigenvalue weighted by Gasteiger charge is -2.11. The minimum atomic E-state index is -0.0334. The van der Waals surface area contributed by atoms with E-state index in [2.05, 4.69) is 20.8 Å². The summed E-state index contributed by atoms with van der Waals surface area (Å²) in [6, 6.07) is 7.61. The number of nitrogens with one attached hydrogen (secondary N) is 1. The third-order valence-corrected chi connectivity index (χ3v) is 4.03. The fraction of sp³-hybridized carbons (Fsp3) is 0.429. The van der Waals surface area contributed by atoms with Gasteiger partial charge in [0.05, 0.1) is 12.9 Å². The Bertz CT molecular complexity index is 631. The van der Waals surface area contributed by atoms with Crippen LogP contribution in [0.15, 0.2) is 29.4 Å². The molecule has 0 spiro atoms. The van der Waals surface area contributed by atoms with E-state index in [-0.39, 0.29) is 17.7 Å². The number of benzene rings is 1. The lowest BCUT2D eigenvalue weighted by molar-refractivity contribution is -0.119. The first-order valence-electron chi connectivity index (χ1n) is 6.99. The molecule has 8 heteroatoms. The van der Waals surface area contributed by atoms with Gasteiger partial charge in [-0.1, -0.05) is 30.8 Å². The van der Waals surface area contributed by atoms with Gasteiger partial charge in [0.15, 0.2) is 0 Å². The number of aromatic nitrogens is 4. The molecule has 0 radical (unpaired) electrons. The van der Waals surface area contributed by atoms with Crippen molar-refractivity contribution < 1.29 is 9.53 Å². The SMILES string of the molecule is CCC(C)NC(=O)CSc1nnnn1-c1ccccc1OC. The first-order chi connectivity index (χ1) is 10.7. The van der Waals surface area contributed by atoms with Crippen LogP contribution in [0, 0.1) is 0 Å². The molecule has 2 aromatic rings. The molecule has 1 atom stereocenters. The number of ether oxygens (including phenoxy) is 1. The molecule has 1 unspecified atom stereocenters. The average molecular weight is 321 g/mol. The second-order valence-corrected chi connectivity index (χ2v) is 5.65. The zero-order valence-electron chi connectivity index (χ0n) is 12.8. The number of carbonyl (C=O) groups is 1. The van der Waals surface area contributed by atoms with Gasteiger partial charge in [-0.25, -0.2) is 0 Å². The van der Waals surface area contributed by atoms with Crippen molar-refractivity contribution in [3.63, 3.8) is 0 Å². The third-order valence-electron chi connectivity index (χ3n) is 3.11. The van der Waals surface area contributed by atoms with Gasteiger partial charge in [0.1, 0.15) is 11.4 Å². The zero-order valence-corrected chi connectivity index (χ0v) is 13.6. The molecular formula is C14H19N5O2S. The summed E-state index contributed by atoms with van der Waals surface area (Å²) in [6.45, 7) is 4.00. The standard InChI is InChI=1S/C14H19N5O2S/c1-4-10(2)15-13(20)9-22-14-16-17-18-19(14)11-7-5-6-8-12(11)21-3/h5-8,10H,4,9H2,1-3H3,(H,15,20). The normalized spacial score (nSPS) is 12.0. The van der Waals surface area contributed by atoms with Gasteiger partial charge in [-0.3, -0.25) is 4.79 Å². The lowest BCUT2D eigenvalue weighted by Crippen LogP contribution is -2.33. The third kappa shape index (κ3) is 3.97. The minimum absolute atomic E-state index is 0.0334. The summed E-state index contributed by atoms with van der Waals surface area (Å²) in [5, 5.41) is 15.1. The Morgan fingerprint density at radius 1 is 1.45 bits per heavy atom. The number of tetrazole rings is 1. The molecule has 0 aliphatic heterocycles. The van der Waals surface area contributed by atoms with Crippen LogP contribution in [0.25, 0.3) is 5.69 Å². The van der Waals surface area contributed by atoms with Crippen molar-refractivity contribution in [2.75, 3.05) is 12.9 Å². The number of rotatable bonds is 7. The molecule has 0 saturated heterocycles. The van der Waals surface area contributed by atoms with Gasteiger partial charge in [0.25, 0.3) is 0 Å². The molecule has 1 heterocycles. The maximum atomic E-state index is 11.8. The van der Waals surface area contributed by atoms with Crippen LogP contribution in [-0.2, 0) is 4.79 Å². The van der Waals surface area contributed by atoms with E-state index in [1.54, 1.807) is 11.8 Å². The first kappa shape index (κ1) is 16.3. The van der Waals surface area contributed by atoms with Crippen LogP contribution in [0.4, 0.5) is 0 Å². The van der Waals surface area contributed by atoms with Crippen LogP contribution < -0.4 is 10.1 Å². The number of amides is 1. The molecule has 0 aliphatic rings. The summed E-state index contributed by atoms with van der Waals surface area (Å²) in [4.78, 5) is 11.8. The highest BCUT2D eigenvalue weighted by Crippen LogP contribution is 2.25. The Morgan fingerprint density at radius 3 is 2.95 bits per heavy atom. The number of thioether (sulfide) groups is 1. The highest BCUT2D eigenvalue weighted by atomic mass is 32.2. The van der Waals surface area contributed by atoms with Crippen molar-refractivity contribution in [3.05, 3.63) is 24.3 Å². The fourth-order valence-electron chi connectivity index (χ4n) is 1.77. The van der Waals surface area contributed by atoms with E-state index < -0.39 is 0 Å². The highest BCUT2D eigenvalue weighted by Gasteiger charge is 2.14. The summed E-state index contributed by atoms with van der Waals surface area (Å²) in [7, 11) is 1.59. The molecule has 2 rings (SSSR count). The van der Waals surface area contributed by atoms with E-state index >= 15 is 0 Å². The Balaban J connectivity index is 2.08. The number of methoxy groups -OCH3 is 1. The van der Waals surface area contributed by atoms with Crippen molar-refractivity contribution in [3.8, 4) is 11.4 Å². The topological polar surface area (TPSA) is 81.9 Å². The van der Waals surface area contributed by atoms with Gasteiger partial charge in [0, 0.05) is 6.04 Å². The zero-order chi connectivity index (χ0) is 15.9. The van der Waals surface area contributed by atoms with Crippen LogP contribution in [0.1, 0.15) is 20.3 Å². The predicted molar refractivity (Wildman–Crippen MR) is 84.3 cm³/mol. The van der Waals surface area contributed by atoms with Gasteiger partial charge in [0.2, 0.25) is 11.1 Å². The quantitative estimate of drug-likeness (QED) is 0.781. The van der Waals surface area contributed by atoms with E-state index in [0.717, 1.165) is 12.1 Å². The second-order valence-electron chi connectivity index (χ2n) is 4.71. The number of hydrogen-bond donors (Lipinski definition) is 1. The lowest BCUT2D eigenvalue weighted by atomic mass is 10.3. The van der Waals surface area contributed by atoms with Crippen molar-refractivity contribution in [1.82, 2.24) is 25.5 Å². The van der Waals surface area contributed by atoms with Gasteiger partial charge in [-0.05, 0) is 35.9 Å². The van der Waals surface area contributed by atoms with Crippen molar-refractivity contribution in [2.24, 2.45) is 0 Å². The van der Waals surface area contributed by atoms with E-state index in [0.29, 0.717) is 10.9 Å². The van der Waals surface area contributed by atoms with Crippen molar-refractivity contribution >= 4 is 17.7 Å². The van der Waals surface area contributed by atoms with E-state index in [4.69, 9.17) is 4.74 Å². The maximum absolute atomic E-state index is 11.8. The Labute approximate surface area is 133 Å². The van der Waals surface area contributed by atoms with Crippen molar-refractivity contribution in [1.29, 1.82) is 0 Å². The predicted octanol–water partition coefficient (Wildman–Crippen LogP) is 1.68. The van der Waals surface area contributed by atoms with Crippen LogP contribution >= 0.6 is 11.8 Å². The van der Waals surface area contributed by atoms with Gasteiger partial charge >= 0.3 is 0 Å². The second kappa shape index (κ2) is 7.79. The number of para-hydroxylation sites is 2. The van der Waals surface area contributed by atoms with Crippen LogP contribution in [0.2, 0.25) is 0 Å². The molecule has 1 aromatic carbocycles. The summed E-state index contributed by atoms with van der Waals surface area (Å²) in [6.07, 6.45) is 0.898. The van der Waals surface area contributed by atoms with Gasteiger partial charge in [-0.2, -0.15) is 4.68 Å². The van der Waals surface area contributed by atoms with E-state index in [1.807, 2.05) is 38.1 Å². The number of carbonyl (C=O) groups excluding carboxylic acids is 1. The summed E-state index contributed by atoms with van der Waals surface area (Å²) in [5.74, 6) is 0.898. The Kier molecular flexibility index (Phi) is 5.76. The smallest absolute Gasteiger partial charge is 0.230 e. The Morgan fingerprint density at radius 2 is 2.23 bits per heavy atom. The minimum Gasteiger partial charge on any atom is -0.494 e. The largest absolute Gasteiger partial charge is 0.494 e. The molecule has 0 fully saturated rings. The van der Waals surface area contributed by atoms with Crippen LogP contribution in [-0.4, -0.2) is 45.0 Å². The summed E-state index contributed by atoms with van der Waals surface area (Å²) >= 11 is 1.29. The molecule has 0 saturated carbocycles. The van der Waals surface area contributed by atoms with Gasteiger partial charge in [-0.15, -0.1) is 5.10 Å². The fourth-order valence-corrected chi connectivity index (χ4v) is 2.47. The van der Waals surface area contributed by atoms with E-state index in [1.165, 1.54) is 11.8 Å². The molecule has 1 N–H and O–H groups in total. The van der Waals surface area contributed by atoms with Crippen molar-refractivity contribution in [2.45, 2.75) is 31.5 Å². The highest BCUT2D eigenvalue weighted by molar-refractivity contribution is 7.99. The summed E-state index contributed by atoms with van der Waals surface area (Å²) in [5.41, 5.74) is 0.736. The molecule has 7 nitrogen and oxygen atoms in total. The average Bonchev–Trinajstić information content (AvgIpc) is 3.01. The first-order valence-corrected chi connectivity index (χ1v) is 7.98. The molecule has 0 bridgehead atoms. The maximum Gasteiger partial charge on any atom is 0.230 e. The molecule has 22 heavy (non-hydrogen) atoms. The molecule has 0 aliphatic carbocycles. The van der Waals surface area contributed by atoms with E-state index in [9.17, 15) is 4.79 Å². The number of hydrogen-bond acceptors (Lipinski definition) is 6. The summed E-state index contributed by atoms with van der Waals surface area (Å²) < 4.78 is 6.88. The molecule has 1 amide bonds. The number of nitrogens with zero attached hydrogens (tertiary/aromatic N) is 4. The monoisotopic (exact) mass is 321 g/mol. The van der Waals surface area contributed by atoms with Crippen LogP contribution in [0.5, 0.6) is 5.75 Å².